The van der Waals surface area contributed by atoms with Gasteiger partial charge >= 0.3 is 112 Å². The normalized spacial score (nSPS) is 11.1. The van der Waals surface area contributed by atoms with E-state index >= 15 is 0 Å². The van der Waals surface area contributed by atoms with Gasteiger partial charge in [-0.25, -0.2) is 12.2 Å². The molecule has 0 fully saturated rings. The van der Waals surface area contributed by atoms with Crippen molar-refractivity contribution >= 4 is 24.8 Å². The van der Waals surface area contributed by atoms with E-state index in [2.05, 4.69) is 131 Å². The fourth-order valence-corrected chi connectivity index (χ4v) is 5.03. The number of allylic oxidation sites excluding steroid dienone is 4. The molecule has 0 heterocycles. The van der Waals surface area contributed by atoms with Crippen molar-refractivity contribution in [3.63, 3.8) is 0 Å². The van der Waals surface area contributed by atoms with Gasteiger partial charge in [-0.2, -0.15) is 6.08 Å². The molecule has 6 rings (SSSR count). The van der Waals surface area contributed by atoms with Crippen molar-refractivity contribution in [1.29, 1.82) is 0 Å². The summed E-state index contributed by atoms with van der Waals surface area (Å²) in [6, 6.07) is 33.1. The maximum Gasteiger partial charge on any atom is -0.0469 e. The first-order valence-corrected chi connectivity index (χ1v) is 13.6. The number of benzene rings is 4. The zero-order valence-electron chi connectivity index (χ0n) is 22.4. The molecule has 38 heavy (non-hydrogen) atoms. The van der Waals surface area contributed by atoms with Crippen LogP contribution in [0.3, 0.4) is 0 Å². The van der Waals surface area contributed by atoms with Gasteiger partial charge in [0.05, 0.1) is 0 Å². The van der Waals surface area contributed by atoms with Gasteiger partial charge in [0, 0.05) is 0 Å². The molecule has 0 aliphatic heterocycles. The number of aryl methyl sites for hydroxylation is 4. The molecule has 0 aromatic heterocycles. The Bertz CT molecular complexity index is 1420. The van der Waals surface area contributed by atoms with E-state index in [0.29, 0.717) is 0 Å². The second-order valence-electron chi connectivity index (χ2n) is 9.44. The van der Waals surface area contributed by atoms with Crippen molar-refractivity contribution in [1.82, 2.24) is 0 Å². The Morgan fingerprint density at radius 2 is 1.05 bits per heavy atom. The van der Waals surface area contributed by atoms with Crippen LogP contribution in [0.5, 0.6) is 0 Å². The van der Waals surface area contributed by atoms with E-state index < -0.39 is 0 Å². The van der Waals surface area contributed by atoms with E-state index in [1.54, 1.807) is 0 Å². The van der Waals surface area contributed by atoms with E-state index in [4.69, 9.17) is 0 Å². The van der Waals surface area contributed by atoms with E-state index in [9.17, 15) is 0 Å². The molecule has 0 radical (unpaired) electrons. The van der Waals surface area contributed by atoms with Gasteiger partial charge in [-0.1, -0.05) is 35.4 Å². The number of halogens is 2. The minimum Gasteiger partial charge on any atom is -1.00 e. The second-order valence-corrected chi connectivity index (χ2v) is 10.7. The predicted octanol–water partition coefficient (Wildman–Crippen LogP) is 3.06. The molecule has 0 amide bonds. The molecule has 0 unspecified atom stereocenters. The van der Waals surface area contributed by atoms with E-state index in [-0.39, 0.29) is 24.8 Å². The van der Waals surface area contributed by atoms with Gasteiger partial charge in [-0.15, -0.1) is 46.2 Å². The monoisotopic (exact) mass is 612 g/mol. The Hall–Kier alpha value is -2.44. The van der Waals surface area contributed by atoms with Crippen LogP contribution in [0.4, 0.5) is 0 Å². The molecule has 0 bridgehead atoms. The smallest absolute Gasteiger partial charge is 0.0469 e. The fraction of sp³-hybridized carbons (Fsp3) is 0.143. The van der Waals surface area contributed by atoms with E-state index in [0.717, 1.165) is 6.42 Å². The van der Waals surface area contributed by atoms with Gasteiger partial charge in [-0.3, -0.25) is 6.08 Å². The minimum absolute atomic E-state index is 0. The number of hydrogen-bond acceptors (Lipinski definition) is 0. The topological polar surface area (TPSA) is 0 Å². The summed E-state index contributed by atoms with van der Waals surface area (Å²) in [5, 5.41) is 5.46. The Labute approximate surface area is 255 Å². The first kappa shape index (κ1) is 31.8. The molecule has 192 valence electrons. The third kappa shape index (κ3) is 8.54. The summed E-state index contributed by atoms with van der Waals surface area (Å²) in [6.45, 7) is 8.53. The van der Waals surface area contributed by atoms with Crippen LogP contribution in [-0.2, 0) is 24.2 Å². The van der Waals surface area contributed by atoms with E-state index in [1.807, 2.05) is 12.2 Å². The Kier molecular flexibility index (Phi) is 12.7. The summed E-state index contributed by atoms with van der Waals surface area (Å²) < 4.78 is 1.42. The van der Waals surface area contributed by atoms with E-state index in [1.165, 1.54) is 82.4 Å². The van der Waals surface area contributed by atoms with Gasteiger partial charge in [0.1, 0.15) is 0 Å². The van der Waals surface area contributed by atoms with Gasteiger partial charge < -0.3 is 24.8 Å². The maximum atomic E-state index is 2.99. The quantitative estimate of drug-likeness (QED) is 0.269. The zero-order valence-corrected chi connectivity index (χ0v) is 26.3. The Morgan fingerprint density at radius 1 is 0.632 bits per heavy atom. The van der Waals surface area contributed by atoms with Crippen LogP contribution in [0.2, 0.25) is 0 Å². The third-order valence-electron chi connectivity index (χ3n) is 6.28. The van der Waals surface area contributed by atoms with Gasteiger partial charge in [0.25, 0.3) is 0 Å². The molecule has 1 aliphatic carbocycles. The van der Waals surface area contributed by atoms with Crippen molar-refractivity contribution in [2.24, 2.45) is 0 Å². The number of fused-ring (bicyclic) bond motifs is 3. The molecule has 0 saturated carbocycles. The summed E-state index contributed by atoms with van der Waals surface area (Å²) >= 11 is 1.46. The van der Waals surface area contributed by atoms with Crippen molar-refractivity contribution in [2.75, 3.05) is 0 Å². The SMILES string of the molecule is Cc1ccc([C](=[Zr+2])c2ccc(C)cc2)cc1.Cc1ccc2c(c1)[cH-]c1cc(C)ccc12.[C-]1=CC=CC1.[Cl-].[Cl-]. The van der Waals surface area contributed by atoms with Crippen LogP contribution in [0, 0.1) is 33.8 Å². The van der Waals surface area contributed by atoms with Crippen molar-refractivity contribution in [2.45, 2.75) is 34.1 Å². The largest absolute Gasteiger partial charge is 1.00 e. The molecule has 0 atom stereocenters. The second kappa shape index (κ2) is 15.2. The molecule has 0 N–H and O–H groups in total. The van der Waals surface area contributed by atoms with Crippen LogP contribution in [0.1, 0.15) is 39.8 Å². The summed E-state index contributed by atoms with van der Waals surface area (Å²) in [6.07, 6.45) is 10.0. The Balaban J connectivity index is 0.000000216. The fourth-order valence-electron chi connectivity index (χ4n) is 4.21. The Morgan fingerprint density at radius 3 is 1.39 bits per heavy atom. The molecule has 0 spiro atoms. The molecular formula is C35H32Cl2Zr-2. The third-order valence-corrected chi connectivity index (χ3v) is 7.70. The summed E-state index contributed by atoms with van der Waals surface area (Å²) in [7, 11) is 0. The molecule has 5 aromatic rings. The van der Waals surface area contributed by atoms with Crippen molar-refractivity contribution < 1.29 is 49.0 Å². The van der Waals surface area contributed by atoms with Gasteiger partial charge in [0.15, 0.2) is 0 Å². The molecule has 3 heteroatoms. The molecule has 0 saturated heterocycles. The summed E-state index contributed by atoms with van der Waals surface area (Å²) in [5.74, 6) is 0. The average molecular weight is 615 g/mol. The summed E-state index contributed by atoms with van der Waals surface area (Å²) in [5.41, 5.74) is 7.97. The molecule has 5 aromatic carbocycles. The zero-order chi connectivity index (χ0) is 25.5. The van der Waals surface area contributed by atoms with Crippen LogP contribution in [0.15, 0.2) is 109 Å². The van der Waals surface area contributed by atoms with Gasteiger partial charge in [0.2, 0.25) is 0 Å². The van der Waals surface area contributed by atoms with Crippen LogP contribution < -0.4 is 24.8 Å². The first-order chi connectivity index (χ1) is 17.4. The standard InChI is InChI=1S/C15H13.C15H14.C5H5.2ClH.Zr/c1-10-3-5-14-12(7-10)9-13-8-11(2)4-6-15(13)14;1-12-3-7-14(8-4-12)11-15-9-5-13(2)6-10-15;1-2-4-5-3-1;;;/h3-9H,1-2H3;3-10H,1-2H3;1-3H,4H2;2*1H;/q-1;;-1;;;+2/p-2. The van der Waals surface area contributed by atoms with Crippen molar-refractivity contribution in [3.05, 3.63) is 149 Å². The van der Waals surface area contributed by atoms with Crippen molar-refractivity contribution in [3.8, 4) is 0 Å². The maximum absolute atomic E-state index is 2.99. The predicted molar refractivity (Wildman–Crippen MR) is 154 cm³/mol. The molecule has 1 aliphatic rings. The molecule has 0 nitrogen and oxygen atoms in total. The summed E-state index contributed by atoms with van der Waals surface area (Å²) in [4.78, 5) is 0. The van der Waals surface area contributed by atoms with Crippen LogP contribution in [-0.4, -0.2) is 3.21 Å². The first-order valence-electron chi connectivity index (χ1n) is 12.4. The molecular weight excluding hydrogens is 583 g/mol. The van der Waals surface area contributed by atoms with Gasteiger partial charge in [-0.05, 0) is 13.8 Å². The van der Waals surface area contributed by atoms with Crippen LogP contribution >= 0.6 is 0 Å². The van der Waals surface area contributed by atoms with Crippen LogP contribution in [0.25, 0.3) is 21.5 Å². The number of hydrogen-bond donors (Lipinski definition) is 0. The number of rotatable bonds is 2. The minimum atomic E-state index is 0. The average Bonchev–Trinajstić information content (AvgIpc) is 3.56.